The van der Waals surface area contributed by atoms with E-state index < -0.39 is 0 Å². The molecule has 21 heavy (non-hydrogen) atoms. The molecule has 3 rings (SSSR count). The Labute approximate surface area is 128 Å². The van der Waals surface area contributed by atoms with Crippen LogP contribution in [0.25, 0.3) is 0 Å². The lowest BCUT2D eigenvalue weighted by Crippen LogP contribution is -2.33. The first-order valence-electron chi connectivity index (χ1n) is 8.55. The van der Waals surface area contributed by atoms with E-state index in [1.807, 2.05) is 6.20 Å². The maximum atomic E-state index is 4.50. The Balaban J connectivity index is 1.51. The second-order valence-electron chi connectivity index (χ2n) is 6.30. The van der Waals surface area contributed by atoms with Crippen molar-refractivity contribution in [2.75, 3.05) is 38.0 Å². The number of likely N-dealkylation sites (N-methyl/N-ethyl adjacent to an activating group) is 1. The molecule has 0 spiro atoms. The van der Waals surface area contributed by atoms with Crippen LogP contribution >= 0.6 is 0 Å². The lowest BCUT2D eigenvalue weighted by atomic mass is 10.1. The van der Waals surface area contributed by atoms with Gasteiger partial charge in [-0.25, -0.2) is 0 Å². The lowest BCUT2D eigenvalue weighted by Gasteiger charge is -2.21. The van der Waals surface area contributed by atoms with Crippen molar-refractivity contribution in [3.63, 3.8) is 0 Å². The van der Waals surface area contributed by atoms with E-state index in [1.54, 1.807) is 0 Å². The molecule has 1 aromatic heterocycles. The molecule has 2 aliphatic rings. The number of fused-ring (bicyclic) bond motifs is 1. The summed E-state index contributed by atoms with van der Waals surface area (Å²) < 4.78 is 2.07. The summed E-state index contributed by atoms with van der Waals surface area (Å²) in [5.41, 5.74) is 1.19. The molecule has 0 amide bonds. The number of nitrogens with one attached hydrogen (secondary N) is 1. The number of anilines is 1. The van der Waals surface area contributed by atoms with Crippen molar-refractivity contribution in [3.05, 3.63) is 12.4 Å². The molecule has 2 saturated heterocycles. The highest BCUT2D eigenvalue weighted by molar-refractivity contribution is 5.40. The maximum Gasteiger partial charge on any atom is 0.0729 e. The standard InChI is InChI=1S/C16H29N5/c1-3-19(4-2)10-11-21-13-14(12-17-21)18-15-7-9-20-8-5-6-16(15)20/h12-13,15-16,18H,3-11H2,1-2H3. The molecular formula is C16H29N5. The van der Waals surface area contributed by atoms with Gasteiger partial charge in [-0.05, 0) is 38.9 Å². The summed E-state index contributed by atoms with van der Waals surface area (Å²) in [6, 6.07) is 1.37. The summed E-state index contributed by atoms with van der Waals surface area (Å²) in [7, 11) is 0. The summed E-state index contributed by atoms with van der Waals surface area (Å²) >= 11 is 0. The zero-order valence-electron chi connectivity index (χ0n) is 13.5. The minimum atomic E-state index is 0.618. The molecule has 5 nitrogen and oxygen atoms in total. The maximum absolute atomic E-state index is 4.50. The van der Waals surface area contributed by atoms with Crippen LogP contribution in [-0.2, 0) is 6.54 Å². The summed E-state index contributed by atoms with van der Waals surface area (Å²) in [6.07, 6.45) is 8.15. The van der Waals surface area contributed by atoms with Crippen LogP contribution in [0.3, 0.4) is 0 Å². The van der Waals surface area contributed by atoms with E-state index in [4.69, 9.17) is 0 Å². The van der Waals surface area contributed by atoms with Crippen LogP contribution in [0.15, 0.2) is 12.4 Å². The van der Waals surface area contributed by atoms with Gasteiger partial charge < -0.3 is 10.2 Å². The van der Waals surface area contributed by atoms with Gasteiger partial charge in [0.05, 0.1) is 18.4 Å². The van der Waals surface area contributed by atoms with Crippen molar-refractivity contribution in [3.8, 4) is 0 Å². The zero-order chi connectivity index (χ0) is 14.7. The second-order valence-corrected chi connectivity index (χ2v) is 6.30. The van der Waals surface area contributed by atoms with E-state index in [1.165, 1.54) is 38.0 Å². The quantitative estimate of drug-likeness (QED) is 0.832. The van der Waals surface area contributed by atoms with Gasteiger partial charge in [-0.15, -0.1) is 0 Å². The highest BCUT2D eigenvalue weighted by Crippen LogP contribution is 2.29. The van der Waals surface area contributed by atoms with Gasteiger partial charge in [-0.2, -0.15) is 5.10 Å². The Morgan fingerprint density at radius 1 is 1.29 bits per heavy atom. The van der Waals surface area contributed by atoms with Crippen LogP contribution in [0.2, 0.25) is 0 Å². The molecule has 0 aliphatic carbocycles. The Bertz CT molecular complexity index is 440. The van der Waals surface area contributed by atoms with E-state index in [0.29, 0.717) is 6.04 Å². The van der Waals surface area contributed by atoms with Crippen LogP contribution in [0.1, 0.15) is 33.1 Å². The SMILES string of the molecule is CCN(CC)CCn1cc(NC2CCN3CCCC23)cn1. The highest BCUT2D eigenvalue weighted by Gasteiger charge is 2.37. The monoisotopic (exact) mass is 291 g/mol. The molecule has 2 atom stereocenters. The number of nitrogens with zero attached hydrogens (tertiary/aromatic N) is 4. The molecule has 0 radical (unpaired) electrons. The van der Waals surface area contributed by atoms with Gasteiger partial charge in [0.15, 0.2) is 0 Å². The molecule has 1 aromatic rings. The van der Waals surface area contributed by atoms with Crippen LogP contribution in [0.4, 0.5) is 5.69 Å². The summed E-state index contributed by atoms with van der Waals surface area (Å²) in [6.45, 7) is 11.3. The van der Waals surface area contributed by atoms with E-state index in [2.05, 4.69) is 44.9 Å². The normalized spacial score (nSPS) is 25.7. The van der Waals surface area contributed by atoms with Gasteiger partial charge in [0, 0.05) is 31.4 Å². The lowest BCUT2D eigenvalue weighted by molar-refractivity contribution is 0.285. The third kappa shape index (κ3) is 3.40. The van der Waals surface area contributed by atoms with E-state index in [9.17, 15) is 0 Å². The van der Waals surface area contributed by atoms with Crippen molar-refractivity contribution in [1.29, 1.82) is 0 Å². The molecule has 0 saturated carbocycles. The Morgan fingerprint density at radius 3 is 2.95 bits per heavy atom. The van der Waals surface area contributed by atoms with Gasteiger partial charge in [0.1, 0.15) is 0 Å². The fourth-order valence-electron chi connectivity index (χ4n) is 3.81. The van der Waals surface area contributed by atoms with Crippen molar-refractivity contribution >= 4 is 5.69 Å². The fraction of sp³-hybridized carbons (Fsp3) is 0.812. The minimum Gasteiger partial charge on any atom is -0.378 e. The zero-order valence-corrected chi connectivity index (χ0v) is 13.5. The van der Waals surface area contributed by atoms with E-state index >= 15 is 0 Å². The predicted molar refractivity (Wildman–Crippen MR) is 86.6 cm³/mol. The Morgan fingerprint density at radius 2 is 2.14 bits per heavy atom. The molecule has 0 bridgehead atoms. The van der Waals surface area contributed by atoms with Crippen molar-refractivity contribution in [2.24, 2.45) is 0 Å². The Hall–Kier alpha value is -1.07. The molecule has 5 heteroatoms. The Kier molecular flexibility index (Phi) is 4.80. The summed E-state index contributed by atoms with van der Waals surface area (Å²) in [5, 5.41) is 8.21. The van der Waals surface area contributed by atoms with Gasteiger partial charge in [0.2, 0.25) is 0 Å². The molecule has 2 aliphatic heterocycles. The average molecular weight is 291 g/mol. The molecule has 3 heterocycles. The minimum absolute atomic E-state index is 0.618. The second kappa shape index (κ2) is 6.79. The molecule has 2 unspecified atom stereocenters. The number of aromatic nitrogens is 2. The first kappa shape index (κ1) is 14.9. The fourth-order valence-corrected chi connectivity index (χ4v) is 3.81. The van der Waals surface area contributed by atoms with Crippen LogP contribution in [0.5, 0.6) is 0 Å². The van der Waals surface area contributed by atoms with Gasteiger partial charge in [-0.3, -0.25) is 9.58 Å². The van der Waals surface area contributed by atoms with Crippen LogP contribution in [-0.4, -0.2) is 64.4 Å². The topological polar surface area (TPSA) is 36.3 Å². The van der Waals surface area contributed by atoms with Gasteiger partial charge in [-0.1, -0.05) is 13.8 Å². The first-order chi connectivity index (χ1) is 10.3. The third-order valence-corrected chi connectivity index (χ3v) is 5.13. The van der Waals surface area contributed by atoms with Gasteiger partial charge >= 0.3 is 0 Å². The van der Waals surface area contributed by atoms with Crippen LogP contribution < -0.4 is 5.32 Å². The van der Waals surface area contributed by atoms with Gasteiger partial charge in [0.25, 0.3) is 0 Å². The first-order valence-corrected chi connectivity index (χ1v) is 8.55. The molecule has 1 N–H and O–H groups in total. The smallest absolute Gasteiger partial charge is 0.0729 e. The third-order valence-electron chi connectivity index (χ3n) is 5.13. The molecule has 118 valence electrons. The van der Waals surface area contributed by atoms with Crippen molar-refractivity contribution < 1.29 is 0 Å². The van der Waals surface area contributed by atoms with Crippen LogP contribution in [0, 0.1) is 0 Å². The number of hydrogen-bond acceptors (Lipinski definition) is 4. The summed E-state index contributed by atoms with van der Waals surface area (Å²) in [5.74, 6) is 0. The van der Waals surface area contributed by atoms with E-state index in [0.717, 1.165) is 32.2 Å². The number of rotatable bonds is 7. The highest BCUT2D eigenvalue weighted by atomic mass is 15.3. The summed E-state index contributed by atoms with van der Waals surface area (Å²) in [4.78, 5) is 5.07. The van der Waals surface area contributed by atoms with Crippen molar-refractivity contribution in [1.82, 2.24) is 19.6 Å². The molecule has 2 fully saturated rings. The molecular weight excluding hydrogens is 262 g/mol. The predicted octanol–water partition coefficient (Wildman–Crippen LogP) is 1.87. The van der Waals surface area contributed by atoms with Crippen molar-refractivity contribution in [2.45, 2.75) is 51.7 Å². The largest absolute Gasteiger partial charge is 0.378 e. The number of hydrogen-bond donors (Lipinski definition) is 1. The molecule has 0 aromatic carbocycles. The average Bonchev–Trinajstić information content (AvgIpc) is 3.19. The van der Waals surface area contributed by atoms with E-state index in [-0.39, 0.29) is 0 Å².